The fourth-order valence-corrected chi connectivity index (χ4v) is 4.28. The largest absolute Gasteiger partial charge is 0.337 e. The quantitative estimate of drug-likeness (QED) is 0.360. The van der Waals surface area contributed by atoms with Gasteiger partial charge < -0.3 is 9.88 Å². The van der Waals surface area contributed by atoms with Gasteiger partial charge in [0, 0.05) is 48.0 Å². The minimum Gasteiger partial charge on any atom is -0.337 e. The van der Waals surface area contributed by atoms with Crippen molar-refractivity contribution in [2.45, 2.75) is 6.54 Å². The number of nitrogens with one attached hydrogen (secondary N) is 2. The molecule has 8 nitrogen and oxygen atoms in total. The van der Waals surface area contributed by atoms with Crippen molar-refractivity contribution in [1.82, 2.24) is 40.0 Å². The molecule has 0 bridgehead atoms. The van der Waals surface area contributed by atoms with Crippen LogP contribution in [0, 0.1) is 11.6 Å². The number of hydrogen-bond acceptors (Lipinski definition) is 6. The van der Waals surface area contributed by atoms with Crippen molar-refractivity contribution >= 4 is 22.1 Å². The van der Waals surface area contributed by atoms with E-state index in [9.17, 15) is 4.39 Å². The lowest BCUT2D eigenvalue weighted by Crippen LogP contribution is -2.10. The summed E-state index contributed by atoms with van der Waals surface area (Å²) in [5, 5.41) is 7.29. The number of hydrogen-bond donors (Lipinski definition) is 2. The zero-order valence-electron chi connectivity index (χ0n) is 19.4. The summed E-state index contributed by atoms with van der Waals surface area (Å²) in [6.45, 7) is 0.679. The Morgan fingerprint density at radius 2 is 1.78 bits per heavy atom. The highest BCUT2D eigenvalue weighted by Gasteiger charge is 2.21. The Kier molecular flexibility index (Phi) is 5.23. The predicted molar refractivity (Wildman–Crippen MR) is 133 cm³/mol. The van der Waals surface area contributed by atoms with Crippen LogP contribution in [0.15, 0.2) is 61.2 Å². The Morgan fingerprint density at radius 3 is 2.58 bits per heavy atom. The lowest BCUT2D eigenvalue weighted by atomic mass is 10.1. The standard InChI is InChI=1S/C26H20F2N8/c1-36(2)13-14-9-16(11-29-10-14)18-12-31-25-20(21(18)28)24(34-35-25)26-32-19-7-8-30-22(23(19)33-26)15-3-5-17(27)6-4-15/h3-12H,13H2,1-2H3,(H,32,33)(H,31,34,35). The molecule has 0 aliphatic rings. The van der Waals surface area contributed by atoms with Crippen LogP contribution >= 0.6 is 0 Å². The summed E-state index contributed by atoms with van der Waals surface area (Å²) in [6.07, 6.45) is 6.49. The van der Waals surface area contributed by atoms with E-state index in [0.717, 1.165) is 11.1 Å². The first kappa shape index (κ1) is 21.9. The van der Waals surface area contributed by atoms with Gasteiger partial charge in [0.05, 0.1) is 16.6 Å². The molecule has 0 radical (unpaired) electrons. The number of H-pyrrole nitrogens is 2. The molecule has 10 heteroatoms. The van der Waals surface area contributed by atoms with Crippen LogP contribution in [0.1, 0.15) is 5.56 Å². The molecule has 0 amide bonds. The zero-order chi connectivity index (χ0) is 24.8. The average molecular weight is 482 g/mol. The molecule has 0 aliphatic heterocycles. The Labute approximate surface area is 204 Å². The second-order valence-corrected chi connectivity index (χ2v) is 8.75. The molecule has 178 valence electrons. The molecular formula is C26H20F2N8. The summed E-state index contributed by atoms with van der Waals surface area (Å²) in [4.78, 5) is 23.0. The highest BCUT2D eigenvalue weighted by Crippen LogP contribution is 2.34. The van der Waals surface area contributed by atoms with Gasteiger partial charge in [0.15, 0.2) is 11.5 Å². The van der Waals surface area contributed by atoms with Gasteiger partial charge in [-0.15, -0.1) is 0 Å². The van der Waals surface area contributed by atoms with E-state index in [0.29, 0.717) is 45.9 Å². The van der Waals surface area contributed by atoms with Crippen LogP contribution in [0.25, 0.3) is 56.0 Å². The van der Waals surface area contributed by atoms with Crippen molar-refractivity contribution in [2.75, 3.05) is 14.1 Å². The lowest BCUT2D eigenvalue weighted by molar-refractivity contribution is 0.402. The molecule has 0 aliphatic carbocycles. The second-order valence-electron chi connectivity index (χ2n) is 8.75. The molecule has 6 aromatic rings. The first-order valence-corrected chi connectivity index (χ1v) is 11.2. The van der Waals surface area contributed by atoms with E-state index in [1.807, 2.05) is 25.1 Å². The number of imidazole rings is 1. The summed E-state index contributed by atoms with van der Waals surface area (Å²) in [5.74, 6) is -0.412. The number of benzene rings is 1. The van der Waals surface area contributed by atoms with Gasteiger partial charge in [0.1, 0.15) is 22.8 Å². The Balaban J connectivity index is 1.48. The Hall–Kier alpha value is -4.57. The van der Waals surface area contributed by atoms with Crippen LogP contribution in [-0.2, 0) is 6.54 Å². The van der Waals surface area contributed by atoms with Gasteiger partial charge in [0.25, 0.3) is 0 Å². The third-order valence-corrected chi connectivity index (χ3v) is 5.88. The number of aromatic amines is 2. The number of rotatable bonds is 5. The fraction of sp³-hybridized carbons (Fsp3) is 0.115. The van der Waals surface area contributed by atoms with Gasteiger partial charge in [-0.25, -0.2) is 18.7 Å². The maximum absolute atomic E-state index is 15.9. The van der Waals surface area contributed by atoms with Crippen molar-refractivity contribution < 1.29 is 8.78 Å². The van der Waals surface area contributed by atoms with E-state index in [-0.39, 0.29) is 16.9 Å². The molecule has 0 atom stereocenters. The summed E-state index contributed by atoms with van der Waals surface area (Å²) < 4.78 is 29.4. The van der Waals surface area contributed by atoms with Crippen LogP contribution in [0.3, 0.4) is 0 Å². The molecule has 2 N–H and O–H groups in total. The topological polar surface area (TPSA) is 99.3 Å². The molecule has 36 heavy (non-hydrogen) atoms. The molecule has 0 fully saturated rings. The first-order valence-electron chi connectivity index (χ1n) is 11.2. The third-order valence-electron chi connectivity index (χ3n) is 5.88. The van der Waals surface area contributed by atoms with Gasteiger partial charge in [-0.1, -0.05) is 0 Å². The van der Waals surface area contributed by atoms with E-state index >= 15 is 4.39 Å². The highest BCUT2D eigenvalue weighted by molar-refractivity contribution is 5.96. The monoisotopic (exact) mass is 482 g/mol. The SMILES string of the molecule is CN(C)Cc1cncc(-c2cnc3n[nH]c(-c4nc5c(-c6ccc(F)cc6)nccc5[nH]4)c3c2F)c1. The van der Waals surface area contributed by atoms with Crippen molar-refractivity contribution in [1.29, 1.82) is 0 Å². The molecular weight excluding hydrogens is 462 g/mol. The maximum Gasteiger partial charge on any atom is 0.184 e. The van der Waals surface area contributed by atoms with Gasteiger partial charge >= 0.3 is 0 Å². The summed E-state index contributed by atoms with van der Waals surface area (Å²) >= 11 is 0. The van der Waals surface area contributed by atoms with Crippen molar-refractivity contribution in [3.63, 3.8) is 0 Å². The molecule has 1 aromatic carbocycles. The van der Waals surface area contributed by atoms with Crippen LogP contribution in [0.5, 0.6) is 0 Å². The van der Waals surface area contributed by atoms with Crippen LogP contribution in [0.2, 0.25) is 0 Å². The van der Waals surface area contributed by atoms with Crippen molar-refractivity contribution in [3.05, 3.63) is 78.4 Å². The molecule has 0 saturated heterocycles. The molecule has 0 saturated carbocycles. The zero-order valence-corrected chi connectivity index (χ0v) is 19.4. The van der Waals surface area contributed by atoms with E-state index in [4.69, 9.17) is 4.98 Å². The maximum atomic E-state index is 15.9. The highest BCUT2D eigenvalue weighted by atomic mass is 19.1. The van der Waals surface area contributed by atoms with Crippen molar-refractivity contribution in [3.8, 4) is 33.9 Å². The second kappa shape index (κ2) is 8.58. The fourth-order valence-electron chi connectivity index (χ4n) is 4.28. The molecule has 0 unspecified atom stereocenters. The molecule has 5 aromatic heterocycles. The first-order chi connectivity index (χ1) is 17.5. The van der Waals surface area contributed by atoms with Crippen LogP contribution < -0.4 is 0 Å². The minimum atomic E-state index is -0.468. The molecule has 6 rings (SSSR count). The number of pyridine rings is 3. The number of halogens is 2. The molecule has 0 spiro atoms. The number of nitrogens with zero attached hydrogens (tertiary/aromatic N) is 6. The van der Waals surface area contributed by atoms with E-state index < -0.39 is 5.82 Å². The summed E-state index contributed by atoms with van der Waals surface area (Å²) in [6, 6.07) is 9.71. The van der Waals surface area contributed by atoms with Gasteiger partial charge in [-0.3, -0.25) is 15.1 Å². The third kappa shape index (κ3) is 3.77. The van der Waals surface area contributed by atoms with Gasteiger partial charge in [0.2, 0.25) is 0 Å². The van der Waals surface area contributed by atoms with Crippen LogP contribution in [0.4, 0.5) is 8.78 Å². The van der Waals surface area contributed by atoms with Gasteiger partial charge in [-0.2, -0.15) is 5.10 Å². The average Bonchev–Trinajstić information content (AvgIpc) is 3.49. The Bertz CT molecular complexity index is 1720. The number of fused-ring (bicyclic) bond motifs is 2. The van der Waals surface area contributed by atoms with Gasteiger partial charge in [-0.05, 0) is 56.1 Å². The van der Waals surface area contributed by atoms with E-state index in [1.54, 1.807) is 36.8 Å². The minimum absolute atomic E-state index is 0.223. The summed E-state index contributed by atoms with van der Waals surface area (Å²) in [5.41, 5.74) is 5.10. The lowest BCUT2D eigenvalue weighted by Gasteiger charge is -2.11. The van der Waals surface area contributed by atoms with Crippen LogP contribution in [-0.4, -0.2) is 54.1 Å². The smallest absolute Gasteiger partial charge is 0.184 e. The summed E-state index contributed by atoms with van der Waals surface area (Å²) in [7, 11) is 3.92. The Morgan fingerprint density at radius 1 is 0.944 bits per heavy atom. The normalized spacial score (nSPS) is 11.7. The number of aromatic nitrogens is 7. The van der Waals surface area contributed by atoms with Crippen molar-refractivity contribution in [2.24, 2.45) is 0 Å². The predicted octanol–water partition coefficient (Wildman–Crippen LogP) is 4.97. The van der Waals surface area contributed by atoms with E-state index in [1.165, 1.54) is 18.3 Å². The van der Waals surface area contributed by atoms with E-state index in [2.05, 4.69) is 30.1 Å². The molecule has 5 heterocycles.